The fourth-order valence-corrected chi connectivity index (χ4v) is 2.26. The van der Waals surface area contributed by atoms with Crippen molar-refractivity contribution in [3.05, 3.63) is 0 Å². The molecule has 0 aromatic carbocycles. The molecule has 81 valence electrons. The van der Waals surface area contributed by atoms with Gasteiger partial charge >= 0.3 is 0 Å². The van der Waals surface area contributed by atoms with E-state index in [2.05, 4.69) is 33.4 Å². The Morgan fingerprint density at radius 1 is 1.29 bits per heavy atom. The maximum Gasteiger partial charge on any atom is 0.208 e. The van der Waals surface area contributed by atoms with Crippen molar-refractivity contribution in [2.45, 2.75) is 71.2 Å². The minimum Gasteiger partial charge on any atom is -0.357 e. The van der Waals surface area contributed by atoms with E-state index in [0.717, 1.165) is 17.8 Å². The summed E-state index contributed by atoms with van der Waals surface area (Å²) < 4.78 is 0. The third-order valence-electron chi connectivity index (χ3n) is 3.44. The molecule has 0 spiro atoms. The van der Waals surface area contributed by atoms with E-state index < -0.39 is 0 Å². The molecule has 14 heavy (non-hydrogen) atoms. The molecule has 1 saturated carbocycles. The monoisotopic (exact) mass is 194 g/mol. The van der Waals surface area contributed by atoms with Gasteiger partial charge in [-0.25, -0.2) is 0 Å². The van der Waals surface area contributed by atoms with Crippen molar-refractivity contribution in [1.82, 2.24) is 5.23 Å². The van der Waals surface area contributed by atoms with Gasteiger partial charge in [0.2, 0.25) is 7.41 Å². The Bertz CT molecular complexity index is 143. The third-order valence-corrected chi connectivity index (χ3v) is 3.44. The van der Waals surface area contributed by atoms with E-state index in [1.807, 2.05) is 0 Å². The summed E-state index contributed by atoms with van der Waals surface area (Å²) in [6, 6.07) is 0.786. The van der Waals surface area contributed by atoms with E-state index in [4.69, 9.17) is 0 Å². The van der Waals surface area contributed by atoms with Gasteiger partial charge < -0.3 is 5.23 Å². The van der Waals surface area contributed by atoms with Crippen LogP contribution >= 0.6 is 0 Å². The summed E-state index contributed by atoms with van der Waals surface area (Å²) in [6.45, 7) is 6.95. The molecular formula is C12H25BN. The lowest BCUT2D eigenvalue weighted by atomic mass is 9.71. The van der Waals surface area contributed by atoms with Crippen LogP contribution in [0.25, 0.3) is 0 Å². The SMILES string of the molecule is CC[C@H](C)C[C@H](C)[B]NC1CCCC1. The summed E-state index contributed by atoms with van der Waals surface area (Å²) in [7, 11) is 2.34. The van der Waals surface area contributed by atoms with Crippen molar-refractivity contribution >= 4 is 7.41 Å². The van der Waals surface area contributed by atoms with E-state index in [1.165, 1.54) is 38.5 Å². The highest BCUT2D eigenvalue weighted by molar-refractivity contribution is 6.34. The largest absolute Gasteiger partial charge is 0.357 e. The summed E-state index contributed by atoms with van der Waals surface area (Å²) in [5, 5.41) is 3.59. The van der Waals surface area contributed by atoms with Gasteiger partial charge in [0.15, 0.2) is 0 Å². The molecule has 0 saturated heterocycles. The van der Waals surface area contributed by atoms with Crippen LogP contribution < -0.4 is 5.23 Å². The molecule has 0 aromatic rings. The van der Waals surface area contributed by atoms with Crippen LogP contribution in [0, 0.1) is 5.92 Å². The quantitative estimate of drug-likeness (QED) is 0.639. The standard InChI is InChI=1S/C12H25BN/c1-4-10(2)9-11(3)13-14-12-7-5-6-8-12/h10-12,14H,4-9H2,1-3H3/t10-,11-/m0/s1. The summed E-state index contributed by atoms with van der Waals surface area (Å²) >= 11 is 0. The van der Waals surface area contributed by atoms with Crippen molar-refractivity contribution in [3.8, 4) is 0 Å². The van der Waals surface area contributed by atoms with Gasteiger partial charge in [-0.15, -0.1) is 0 Å². The maximum atomic E-state index is 3.59. The second kappa shape index (κ2) is 6.50. The van der Waals surface area contributed by atoms with Crippen LogP contribution in [-0.2, 0) is 0 Å². The second-order valence-corrected chi connectivity index (χ2v) is 5.04. The highest BCUT2D eigenvalue weighted by atomic mass is 14.8. The summed E-state index contributed by atoms with van der Waals surface area (Å²) in [6.07, 6.45) is 8.24. The Morgan fingerprint density at radius 2 is 1.93 bits per heavy atom. The molecule has 0 unspecified atom stereocenters. The molecule has 2 heteroatoms. The van der Waals surface area contributed by atoms with Crippen LogP contribution in [0.5, 0.6) is 0 Å². The Balaban J connectivity index is 2.04. The maximum absolute atomic E-state index is 3.59. The zero-order chi connectivity index (χ0) is 10.4. The van der Waals surface area contributed by atoms with Crippen LogP contribution in [0.3, 0.4) is 0 Å². The molecule has 2 atom stereocenters. The zero-order valence-corrected chi connectivity index (χ0v) is 10.1. The van der Waals surface area contributed by atoms with Crippen molar-refractivity contribution in [1.29, 1.82) is 0 Å². The normalized spacial score (nSPS) is 22.2. The molecule has 0 bridgehead atoms. The summed E-state index contributed by atoms with van der Waals surface area (Å²) in [5.74, 6) is 1.59. The van der Waals surface area contributed by atoms with Crippen LogP contribution in [0.2, 0.25) is 5.82 Å². The van der Waals surface area contributed by atoms with Gasteiger partial charge in [-0.1, -0.05) is 52.3 Å². The molecule has 1 radical (unpaired) electrons. The van der Waals surface area contributed by atoms with Crippen molar-refractivity contribution in [2.24, 2.45) is 5.92 Å². The van der Waals surface area contributed by atoms with E-state index in [0.29, 0.717) is 0 Å². The average molecular weight is 194 g/mol. The van der Waals surface area contributed by atoms with Crippen LogP contribution in [0.15, 0.2) is 0 Å². The minimum absolute atomic E-state index is 0.727. The van der Waals surface area contributed by atoms with Crippen LogP contribution in [0.4, 0.5) is 0 Å². The lowest BCUT2D eigenvalue weighted by molar-refractivity contribution is 0.502. The molecule has 0 aliphatic heterocycles. The molecular weight excluding hydrogens is 169 g/mol. The topological polar surface area (TPSA) is 12.0 Å². The van der Waals surface area contributed by atoms with E-state index in [-0.39, 0.29) is 0 Å². The van der Waals surface area contributed by atoms with E-state index >= 15 is 0 Å². The van der Waals surface area contributed by atoms with Crippen LogP contribution in [-0.4, -0.2) is 13.5 Å². The highest BCUT2D eigenvalue weighted by Crippen LogP contribution is 2.20. The fourth-order valence-electron chi connectivity index (χ4n) is 2.26. The first-order chi connectivity index (χ1) is 6.72. The zero-order valence-electron chi connectivity index (χ0n) is 10.1. The number of hydrogen-bond acceptors (Lipinski definition) is 1. The predicted octanol–water partition coefficient (Wildman–Crippen LogP) is 3.38. The molecule has 0 aromatic heterocycles. The van der Waals surface area contributed by atoms with E-state index in [9.17, 15) is 0 Å². The van der Waals surface area contributed by atoms with Gasteiger partial charge in [-0.05, 0) is 24.8 Å². The first kappa shape index (κ1) is 12.1. The molecule has 1 rings (SSSR count). The van der Waals surface area contributed by atoms with Crippen molar-refractivity contribution in [2.75, 3.05) is 0 Å². The molecule has 0 heterocycles. The second-order valence-electron chi connectivity index (χ2n) is 5.04. The highest BCUT2D eigenvalue weighted by Gasteiger charge is 2.16. The molecule has 1 N–H and O–H groups in total. The lowest BCUT2D eigenvalue weighted by Gasteiger charge is -2.18. The Hall–Kier alpha value is 0.0249. The third kappa shape index (κ3) is 4.50. The summed E-state index contributed by atoms with van der Waals surface area (Å²) in [4.78, 5) is 0. The van der Waals surface area contributed by atoms with Crippen molar-refractivity contribution in [3.63, 3.8) is 0 Å². The molecule has 0 amide bonds. The Morgan fingerprint density at radius 3 is 2.50 bits per heavy atom. The average Bonchev–Trinajstić information content (AvgIpc) is 2.67. The van der Waals surface area contributed by atoms with Gasteiger partial charge in [-0.3, -0.25) is 0 Å². The first-order valence-electron chi connectivity index (χ1n) is 6.31. The van der Waals surface area contributed by atoms with Gasteiger partial charge in [0, 0.05) is 0 Å². The van der Waals surface area contributed by atoms with Gasteiger partial charge in [0.1, 0.15) is 0 Å². The smallest absolute Gasteiger partial charge is 0.208 e. The fraction of sp³-hybridized carbons (Fsp3) is 1.00. The number of rotatable bonds is 6. The minimum atomic E-state index is 0.727. The Kier molecular flexibility index (Phi) is 5.61. The number of nitrogens with one attached hydrogen (secondary N) is 1. The van der Waals surface area contributed by atoms with E-state index in [1.54, 1.807) is 0 Å². The van der Waals surface area contributed by atoms with Gasteiger partial charge in [-0.2, -0.15) is 0 Å². The molecule has 1 aliphatic carbocycles. The predicted molar refractivity (Wildman–Crippen MR) is 64.6 cm³/mol. The van der Waals surface area contributed by atoms with Crippen LogP contribution in [0.1, 0.15) is 59.3 Å². The van der Waals surface area contributed by atoms with Crippen molar-refractivity contribution < 1.29 is 0 Å². The molecule has 1 fully saturated rings. The summed E-state index contributed by atoms with van der Waals surface area (Å²) in [5.41, 5.74) is 0. The van der Waals surface area contributed by atoms with Gasteiger partial charge in [0.05, 0.1) is 0 Å². The lowest BCUT2D eigenvalue weighted by Crippen LogP contribution is -2.32. The number of hydrogen-bond donors (Lipinski definition) is 1. The molecule has 1 nitrogen and oxygen atoms in total. The van der Waals surface area contributed by atoms with Gasteiger partial charge in [0.25, 0.3) is 0 Å². The molecule has 1 aliphatic rings. The Labute approximate surface area is 90.3 Å². The first-order valence-corrected chi connectivity index (χ1v) is 6.31.